The van der Waals surface area contributed by atoms with Crippen molar-refractivity contribution in [2.75, 3.05) is 36.8 Å². The fourth-order valence-corrected chi connectivity index (χ4v) is 6.56. The molecule has 258 valence electrons. The Morgan fingerprint density at radius 2 is 1.65 bits per heavy atom. The first-order chi connectivity index (χ1) is 24.9. The first kappa shape index (κ1) is 33.7. The van der Waals surface area contributed by atoms with Gasteiger partial charge in [-0.05, 0) is 78.1 Å². The molecule has 4 heterocycles. The van der Waals surface area contributed by atoms with Crippen LogP contribution in [0.25, 0.3) is 11.3 Å². The lowest BCUT2D eigenvalue weighted by atomic mass is 9.89. The van der Waals surface area contributed by atoms with E-state index in [0.29, 0.717) is 30.0 Å². The summed E-state index contributed by atoms with van der Waals surface area (Å²) in [7, 11) is 0. The predicted molar refractivity (Wildman–Crippen MR) is 196 cm³/mol. The highest BCUT2D eigenvalue weighted by Gasteiger charge is 2.28. The normalized spacial score (nSPS) is 16.8. The van der Waals surface area contributed by atoms with E-state index in [4.69, 9.17) is 0 Å². The number of piperidine rings is 1. The Morgan fingerprint density at radius 1 is 0.863 bits per heavy atom. The summed E-state index contributed by atoms with van der Waals surface area (Å²) in [5.74, 6) is -0.378. The molecule has 11 heteroatoms. The molecule has 3 aromatic carbocycles. The van der Waals surface area contributed by atoms with Gasteiger partial charge in [-0.15, -0.1) is 0 Å². The molecule has 2 aliphatic rings. The number of anilines is 3. The topological polar surface area (TPSA) is 132 Å². The van der Waals surface area contributed by atoms with Crippen molar-refractivity contribution in [3.63, 3.8) is 0 Å². The molecule has 2 aliphatic heterocycles. The highest BCUT2D eigenvalue weighted by atomic mass is 16.2. The minimum atomic E-state index is -0.266. The molecule has 0 bridgehead atoms. The summed E-state index contributed by atoms with van der Waals surface area (Å²) in [6.07, 6.45) is 6.13. The third kappa shape index (κ3) is 8.51. The molecule has 2 aromatic heterocycles. The van der Waals surface area contributed by atoms with Gasteiger partial charge in [-0.25, -0.2) is 9.97 Å². The quantitative estimate of drug-likeness (QED) is 0.159. The first-order valence-electron chi connectivity index (χ1n) is 17.2. The van der Waals surface area contributed by atoms with E-state index in [-0.39, 0.29) is 23.6 Å². The standard InChI is InChI=1S/C40H40N8O3/c1-27-7-12-33(23-36(27)45-40-42-17-15-35(44-40)32-6-3-16-41-24-32)43-38(50)30-10-8-28(9-11-30)25-47-18-20-48(21-19-47)26-29-4-2-5-31(22-29)34-13-14-37(49)46-39(34)51/h2-12,15-17,22-24,34H,13-14,18-21,25-26H2,1H3,(H,43,50)(H,42,44,45)(H,46,49,51). The van der Waals surface area contributed by atoms with Gasteiger partial charge in [-0.3, -0.25) is 34.5 Å². The maximum absolute atomic E-state index is 13.2. The van der Waals surface area contributed by atoms with Crippen LogP contribution in [0, 0.1) is 6.92 Å². The van der Waals surface area contributed by atoms with Gasteiger partial charge in [0.05, 0.1) is 11.6 Å². The summed E-state index contributed by atoms with van der Waals surface area (Å²) in [5, 5.41) is 8.78. The molecular formula is C40H40N8O3. The van der Waals surface area contributed by atoms with Gasteiger partial charge in [-0.2, -0.15) is 0 Å². The Morgan fingerprint density at radius 3 is 2.39 bits per heavy atom. The molecule has 11 nitrogen and oxygen atoms in total. The molecule has 7 rings (SSSR count). The van der Waals surface area contributed by atoms with Crippen LogP contribution >= 0.6 is 0 Å². The smallest absolute Gasteiger partial charge is 0.255 e. The zero-order valence-electron chi connectivity index (χ0n) is 28.5. The van der Waals surface area contributed by atoms with Gasteiger partial charge >= 0.3 is 0 Å². The average molecular weight is 681 g/mol. The van der Waals surface area contributed by atoms with Crippen molar-refractivity contribution in [1.29, 1.82) is 0 Å². The van der Waals surface area contributed by atoms with Gasteiger partial charge < -0.3 is 10.6 Å². The van der Waals surface area contributed by atoms with Crippen molar-refractivity contribution in [3.05, 3.63) is 131 Å². The van der Waals surface area contributed by atoms with Crippen molar-refractivity contribution in [1.82, 2.24) is 30.1 Å². The fraction of sp³-hybridized carbons (Fsp3) is 0.250. The third-order valence-corrected chi connectivity index (χ3v) is 9.44. The van der Waals surface area contributed by atoms with E-state index in [1.807, 2.05) is 79.7 Å². The molecule has 2 fully saturated rings. The Labute approximate surface area is 297 Å². The van der Waals surface area contributed by atoms with Crippen LogP contribution in [-0.4, -0.2) is 68.7 Å². The average Bonchev–Trinajstić information content (AvgIpc) is 3.15. The number of imide groups is 1. The number of hydrogen-bond acceptors (Lipinski definition) is 9. The summed E-state index contributed by atoms with van der Waals surface area (Å²) < 4.78 is 0. The number of carbonyl (C=O) groups is 3. The van der Waals surface area contributed by atoms with Crippen LogP contribution in [0.3, 0.4) is 0 Å². The number of amides is 3. The zero-order valence-corrected chi connectivity index (χ0v) is 28.5. The van der Waals surface area contributed by atoms with Crippen LogP contribution in [0.1, 0.15) is 51.4 Å². The highest BCUT2D eigenvalue weighted by Crippen LogP contribution is 2.27. The monoisotopic (exact) mass is 680 g/mol. The Kier molecular flexibility index (Phi) is 10.2. The molecule has 0 aliphatic carbocycles. The largest absolute Gasteiger partial charge is 0.324 e. The number of benzene rings is 3. The second-order valence-corrected chi connectivity index (χ2v) is 13.1. The molecular weight excluding hydrogens is 640 g/mol. The van der Waals surface area contributed by atoms with Crippen molar-refractivity contribution in [2.45, 2.75) is 38.8 Å². The van der Waals surface area contributed by atoms with Gasteiger partial charge in [-0.1, -0.05) is 42.5 Å². The zero-order chi connectivity index (χ0) is 35.2. The van der Waals surface area contributed by atoms with Crippen LogP contribution in [-0.2, 0) is 22.7 Å². The first-order valence-corrected chi connectivity index (χ1v) is 17.2. The van der Waals surface area contributed by atoms with Gasteiger partial charge in [0, 0.05) is 86.8 Å². The van der Waals surface area contributed by atoms with Crippen LogP contribution in [0.2, 0.25) is 0 Å². The number of carbonyl (C=O) groups excluding carboxylic acids is 3. The molecule has 1 atom stereocenters. The number of rotatable bonds is 10. The van der Waals surface area contributed by atoms with Crippen LogP contribution in [0.4, 0.5) is 17.3 Å². The second-order valence-electron chi connectivity index (χ2n) is 13.1. The number of nitrogens with zero attached hydrogens (tertiary/aromatic N) is 5. The lowest BCUT2D eigenvalue weighted by Gasteiger charge is -2.35. The van der Waals surface area contributed by atoms with E-state index in [2.05, 4.69) is 52.8 Å². The van der Waals surface area contributed by atoms with E-state index in [0.717, 1.165) is 72.9 Å². The molecule has 3 amide bonds. The number of nitrogens with one attached hydrogen (secondary N) is 3. The summed E-state index contributed by atoms with van der Waals surface area (Å²) in [4.78, 5) is 55.2. The van der Waals surface area contributed by atoms with Crippen LogP contribution in [0.15, 0.2) is 104 Å². The molecule has 0 spiro atoms. The minimum Gasteiger partial charge on any atom is -0.324 e. The van der Waals surface area contributed by atoms with Crippen molar-refractivity contribution in [3.8, 4) is 11.3 Å². The Hall–Kier alpha value is -5.78. The lowest BCUT2D eigenvalue weighted by molar-refractivity contribution is -0.134. The second kappa shape index (κ2) is 15.4. The van der Waals surface area contributed by atoms with Gasteiger partial charge in [0.25, 0.3) is 5.91 Å². The highest BCUT2D eigenvalue weighted by molar-refractivity contribution is 6.04. The SMILES string of the molecule is Cc1ccc(NC(=O)c2ccc(CN3CCN(Cc4cccc(C5CCC(=O)NC5=O)c4)CC3)cc2)cc1Nc1nccc(-c2cccnc2)n1. The number of aromatic nitrogens is 3. The third-order valence-electron chi connectivity index (χ3n) is 9.44. The Balaban J connectivity index is 0.898. The number of piperazine rings is 1. The van der Waals surface area contributed by atoms with Crippen molar-refractivity contribution in [2.24, 2.45) is 0 Å². The molecule has 5 aromatic rings. The maximum atomic E-state index is 13.2. The minimum absolute atomic E-state index is 0.179. The van der Waals surface area contributed by atoms with Crippen molar-refractivity contribution < 1.29 is 14.4 Å². The molecule has 2 saturated heterocycles. The van der Waals surface area contributed by atoms with Crippen LogP contribution < -0.4 is 16.0 Å². The van der Waals surface area contributed by atoms with Gasteiger partial charge in [0.1, 0.15) is 0 Å². The number of aryl methyl sites for hydroxylation is 1. The molecule has 0 radical (unpaired) electrons. The summed E-state index contributed by atoms with van der Waals surface area (Å²) >= 11 is 0. The van der Waals surface area contributed by atoms with Crippen LogP contribution in [0.5, 0.6) is 0 Å². The summed E-state index contributed by atoms with van der Waals surface area (Å²) in [5.41, 5.74) is 8.03. The molecule has 51 heavy (non-hydrogen) atoms. The number of pyridine rings is 1. The van der Waals surface area contributed by atoms with E-state index in [1.165, 1.54) is 5.56 Å². The fourth-order valence-electron chi connectivity index (χ4n) is 6.56. The maximum Gasteiger partial charge on any atom is 0.255 e. The Bertz CT molecular complexity index is 2030. The van der Waals surface area contributed by atoms with E-state index in [9.17, 15) is 14.4 Å². The van der Waals surface area contributed by atoms with Crippen molar-refractivity contribution >= 4 is 35.0 Å². The van der Waals surface area contributed by atoms with E-state index >= 15 is 0 Å². The van der Waals surface area contributed by atoms with Gasteiger partial charge in [0.15, 0.2) is 0 Å². The number of hydrogen-bond donors (Lipinski definition) is 3. The molecule has 1 unspecified atom stereocenters. The predicted octanol–water partition coefficient (Wildman–Crippen LogP) is 5.68. The molecule has 0 saturated carbocycles. The van der Waals surface area contributed by atoms with E-state index < -0.39 is 0 Å². The van der Waals surface area contributed by atoms with E-state index in [1.54, 1.807) is 18.6 Å². The lowest BCUT2D eigenvalue weighted by Crippen LogP contribution is -2.45. The summed E-state index contributed by atoms with van der Waals surface area (Å²) in [6.45, 7) is 7.40. The molecule has 3 N–H and O–H groups in total. The van der Waals surface area contributed by atoms with Gasteiger partial charge in [0.2, 0.25) is 17.8 Å². The summed E-state index contributed by atoms with van der Waals surface area (Å²) in [6, 6.07) is 27.4.